The van der Waals surface area contributed by atoms with Crippen molar-refractivity contribution in [3.05, 3.63) is 89.0 Å². The lowest BCUT2D eigenvalue weighted by Crippen LogP contribution is -2.41. The van der Waals surface area contributed by atoms with E-state index in [4.69, 9.17) is 4.74 Å². The summed E-state index contributed by atoms with van der Waals surface area (Å²) in [5, 5.41) is 9.94. The number of carbonyl (C=O) groups is 2. The van der Waals surface area contributed by atoms with E-state index in [1.165, 1.54) is 30.3 Å². The number of imide groups is 1. The largest absolute Gasteiger partial charge is 0.504 e. The van der Waals surface area contributed by atoms with Crippen molar-refractivity contribution in [1.82, 2.24) is 0 Å². The van der Waals surface area contributed by atoms with Crippen LogP contribution in [0.25, 0.3) is 11.6 Å². The molecule has 0 radical (unpaired) electrons. The number of amides is 2. The van der Waals surface area contributed by atoms with Crippen LogP contribution in [-0.4, -0.2) is 23.5 Å². The average molecular weight is 453 g/mol. The molecule has 0 saturated heterocycles. The van der Waals surface area contributed by atoms with Crippen LogP contribution >= 0.6 is 0 Å². The van der Waals surface area contributed by atoms with Crippen LogP contribution in [0.4, 0.5) is 18.9 Å². The maximum Gasteiger partial charge on any atom is 0.416 e. The van der Waals surface area contributed by atoms with E-state index in [-0.39, 0.29) is 28.3 Å². The van der Waals surface area contributed by atoms with Gasteiger partial charge in [-0.05, 0) is 60.5 Å². The van der Waals surface area contributed by atoms with Crippen molar-refractivity contribution in [2.24, 2.45) is 0 Å². The van der Waals surface area contributed by atoms with E-state index in [0.717, 1.165) is 23.1 Å². The average Bonchev–Trinajstić information content (AvgIpc) is 2.79. The molecule has 0 aliphatic carbocycles. The molecule has 3 aromatic carbocycles. The number of nitrogens with zero attached hydrogens (tertiary/aromatic N) is 1. The molecule has 5 nitrogen and oxygen atoms in total. The predicted molar refractivity (Wildman–Crippen MR) is 117 cm³/mol. The highest BCUT2D eigenvalue weighted by atomic mass is 19.4. The molecule has 1 aliphatic rings. The van der Waals surface area contributed by atoms with Gasteiger partial charge in [0.05, 0.1) is 17.9 Å². The van der Waals surface area contributed by atoms with Gasteiger partial charge in [-0.25, -0.2) is 4.90 Å². The number of carbonyl (C=O) groups excluding carboxylic acids is 2. The number of phenolic OH excluding ortho intramolecular Hbond substituents is 1. The standard InChI is InChI=1S/C25H18F3NO4/c1-2-33-22-13-15(10-11-21(22)30)12-20-18-8-3-4-9-19(18)23(31)29(24(20)32)17-7-5-6-16(14-17)25(26,27)28/h3-14,30H,2H2,1H3. The molecule has 1 N–H and O–H groups in total. The highest BCUT2D eigenvalue weighted by molar-refractivity contribution is 6.43. The Balaban J connectivity index is 1.86. The smallest absolute Gasteiger partial charge is 0.416 e. The molecule has 3 aromatic rings. The van der Waals surface area contributed by atoms with Crippen molar-refractivity contribution in [3.63, 3.8) is 0 Å². The zero-order valence-corrected chi connectivity index (χ0v) is 17.4. The highest BCUT2D eigenvalue weighted by Gasteiger charge is 2.37. The van der Waals surface area contributed by atoms with Crippen LogP contribution in [0.5, 0.6) is 11.5 Å². The van der Waals surface area contributed by atoms with Crippen molar-refractivity contribution < 1.29 is 32.6 Å². The van der Waals surface area contributed by atoms with Crippen molar-refractivity contribution in [1.29, 1.82) is 0 Å². The molecule has 0 unspecified atom stereocenters. The molecule has 0 atom stereocenters. The summed E-state index contributed by atoms with van der Waals surface area (Å²) in [6.07, 6.45) is -3.12. The van der Waals surface area contributed by atoms with Crippen LogP contribution in [0.1, 0.15) is 34.0 Å². The number of phenols is 1. The van der Waals surface area contributed by atoms with Gasteiger partial charge in [0.15, 0.2) is 11.5 Å². The van der Waals surface area contributed by atoms with Crippen molar-refractivity contribution in [3.8, 4) is 11.5 Å². The third-order valence-corrected chi connectivity index (χ3v) is 5.11. The summed E-state index contributed by atoms with van der Waals surface area (Å²) in [7, 11) is 0. The Bertz CT molecular complexity index is 1280. The minimum Gasteiger partial charge on any atom is -0.504 e. The normalized spacial score (nSPS) is 15.0. The fourth-order valence-corrected chi connectivity index (χ4v) is 3.61. The van der Waals surface area contributed by atoms with E-state index < -0.39 is 23.6 Å². The van der Waals surface area contributed by atoms with E-state index in [2.05, 4.69) is 0 Å². The first-order valence-corrected chi connectivity index (χ1v) is 10.0. The summed E-state index contributed by atoms with van der Waals surface area (Å²) in [6, 6.07) is 15.0. The number of ether oxygens (including phenoxy) is 1. The van der Waals surface area contributed by atoms with Crippen LogP contribution in [0, 0.1) is 0 Å². The van der Waals surface area contributed by atoms with Crippen LogP contribution in [0.2, 0.25) is 0 Å². The van der Waals surface area contributed by atoms with Crippen LogP contribution in [-0.2, 0) is 11.0 Å². The number of halogens is 3. The Morgan fingerprint density at radius 3 is 2.36 bits per heavy atom. The highest BCUT2D eigenvalue weighted by Crippen LogP contribution is 2.37. The summed E-state index contributed by atoms with van der Waals surface area (Å²) in [6.45, 7) is 2.07. The Labute approximate surface area is 187 Å². The topological polar surface area (TPSA) is 66.8 Å². The Kier molecular flexibility index (Phi) is 5.68. The minimum atomic E-state index is -4.63. The first-order chi connectivity index (χ1) is 15.7. The van der Waals surface area contributed by atoms with Gasteiger partial charge in [-0.15, -0.1) is 0 Å². The van der Waals surface area contributed by atoms with Gasteiger partial charge < -0.3 is 9.84 Å². The summed E-state index contributed by atoms with van der Waals surface area (Å²) < 4.78 is 45.1. The van der Waals surface area contributed by atoms with E-state index in [0.29, 0.717) is 17.7 Å². The molecule has 4 rings (SSSR count). The molecule has 1 aliphatic heterocycles. The molecule has 0 bridgehead atoms. The molecule has 1 heterocycles. The van der Waals surface area contributed by atoms with Crippen molar-refractivity contribution >= 4 is 29.2 Å². The minimum absolute atomic E-state index is 0.0739. The Morgan fingerprint density at radius 1 is 0.939 bits per heavy atom. The molecule has 168 valence electrons. The number of benzene rings is 3. The maximum absolute atomic E-state index is 13.4. The number of alkyl halides is 3. The van der Waals surface area contributed by atoms with Gasteiger partial charge in [0.25, 0.3) is 11.8 Å². The second-order valence-electron chi connectivity index (χ2n) is 7.26. The van der Waals surface area contributed by atoms with E-state index in [9.17, 15) is 27.9 Å². The van der Waals surface area contributed by atoms with E-state index >= 15 is 0 Å². The quantitative estimate of drug-likeness (QED) is 0.416. The number of fused-ring (bicyclic) bond motifs is 1. The summed E-state index contributed by atoms with van der Waals surface area (Å²) in [4.78, 5) is 27.3. The second-order valence-corrected chi connectivity index (χ2v) is 7.26. The summed E-state index contributed by atoms with van der Waals surface area (Å²) in [5.74, 6) is -1.33. The number of anilines is 1. The summed E-state index contributed by atoms with van der Waals surface area (Å²) in [5.41, 5.74) is 0.0284. The van der Waals surface area contributed by atoms with Gasteiger partial charge >= 0.3 is 6.18 Å². The van der Waals surface area contributed by atoms with E-state index in [1.807, 2.05) is 0 Å². The first kappa shape index (κ1) is 22.1. The molecule has 0 fully saturated rings. The number of hydrogen-bond acceptors (Lipinski definition) is 4. The Morgan fingerprint density at radius 2 is 1.67 bits per heavy atom. The first-order valence-electron chi connectivity index (χ1n) is 10.0. The van der Waals surface area contributed by atoms with Gasteiger partial charge in [0.1, 0.15) is 0 Å². The van der Waals surface area contributed by atoms with Crippen LogP contribution < -0.4 is 9.64 Å². The lowest BCUT2D eigenvalue weighted by molar-refractivity contribution is -0.137. The van der Waals surface area contributed by atoms with Gasteiger partial charge in [-0.1, -0.05) is 30.3 Å². The SMILES string of the molecule is CCOc1cc(C=C2C(=O)N(c3cccc(C(F)(F)F)c3)C(=O)c3ccccc32)ccc1O. The Hall–Kier alpha value is -4.07. The number of rotatable bonds is 4. The lowest BCUT2D eigenvalue weighted by atomic mass is 9.91. The molecular weight excluding hydrogens is 435 g/mol. The zero-order valence-electron chi connectivity index (χ0n) is 17.4. The van der Waals surface area contributed by atoms with Crippen LogP contribution in [0.3, 0.4) is 0 Å². The third-order valence-electron chi connectivity index (χ3n) is 5.11. The van der Waals surface area contributed by atoms with Crippen molar-refractivity contribution in [2.75, 3.05) is 11.5 Å². The van der Waals surface area contributed by atoms with Gasteiger partial charge in [0, 0.05) is 11.1 Å². The lowest BCUT2D eigenvalue weighted by Gasteiger charge is -2.29. The maximum atomic E-state index is 13.4. The molecule has 0 spiro atoms. The molecule has 0 saturated carbocycles. The molecule has 2 amide bonds. The zero-order chi connectivity index (χ0) is 23.8. The summed E-state index contributed by atoms with van der Waals surface area (Å²) >= 11 is 0. The monoisotopic (exact) mass is 453 g/mol. The fraction of sp³-hybridized carbons (Fsp3) is 0.120. The predicted octanol–water partition coefficient (Wildman–Crippen LogP) is 5.54. The second kappa shape index (κ2) is 8.46. The molecule has 33 heavy (non-hydrogen) atoms. The van der Waals surface area contributed by atoms with E-state index in [1.54, 1.807) is 31.2 Å². The van der Waals surface area contributed by atoms with Crippen LogP contribution in [0.15, 0.2) is 66.7 Å². The fourth-order valence-electron chi connectivity index (χ4n) is 3.61. The molecular formula is C25H18F3NO4. The van der Waals surface area contributed by atoms with Gasteiger partial charge in [-0.2, -0.15) is 13.2 Å². The van der Waals surface area contributed by atoms with Gasteiger partial charge in [-0.3, -0.25) is 9.59 Å². The number of hydrogen-bond donors (Lipinski definition) is 1. The number of aromatic hydroxyl groups is 1. The molecule has 8 heteroatoms. The third kappa shape index (κ3) is 4.19. The van der Waals surface area contributed by atoms with Gasteiger partial charge in [0.2, 0.25) is 0 Å². The van der Waals surface area contributed by atoms with Crippen molar-refractivity contribution in [2.45, 2.75) is 13.1 Å². The molecule has 0 aromatic heterocycles.